The first-order valence-electron chi connectivity index (χ1n) is 9.62. The SMILES string of the molecule is COc1cc(/C=C2/N=C3CCCCCN3C2=O)ccc1Oc1ccc([N+](=O)[O-])cn1. The summed E-state index contributed by atoms with van der Waals surface area (Å²) in [7, 11) is 1.51. The van der Waals surface area contributed by atoms with E-state index in [1.165, 1.54) is 19.2 Å². The fraction of sp³-hybridized carbons (Fsp3) is 0.286. The zero-order valence-electron chi connectivity index (χ0n) is 16.4. The largest absolute Gasteiger partial charge is 0.493 e. The summed E-state index contributed by atoms with van der Waals surface area (Å²) in [5, 5.41) is 10.7. The van der Waals surface area contributed by atoms with Crippen molar-refractivity contribution in [2.75, 3.05) is 13.7 Å². The van der Waals surface area contributed by atoms with Crippen LogP contribution in [-0.4, -0.2) is 40.2 Å². The van der Waals surface area contributed by atoms with E-state index in [1.54, 1.807) is 29.2 Å². The molecule has 2 aliphatic heterocycles. The summed E-state index contributed by atoms with van der Waals surface area (Å²) in [6.07, 6.45) is 6.84. The highest BCUT2D eigenvalue weighted by Gasteiger charge is 2.30. The number of nitro groups is 1. The van der Waals surface area contributed by atoms with Gasteiger partial charge in [0.1, 0.15) is 17.7 Å². The molecule has 1 aromatic carbocycles. The zero-order chi connectivity index (χ0) is 21.1. The van der Waals surface area contributed by atoms with Gasteiger partial charge in [0.05, 0.1) is 12.0 Å². The molecule has 1 amide bonds. The van der Waals surface area contributed by atoms with E-state index in [4.69, 9.17) is 9.47 Å². The van der Waals surface area contributed by atoms with Gasteiger partial charge in [-0.15, -0.1) is 0 Å². The van der Waals surface area contributed by atoms with E-state index in [0.717, 1.165) is 43.3 Å². The highest BCUT2D eigenvalue weighted by atomic mass is 16.6. The molecule has 9 heteroatoms. The third kappa shape index (κ3) is 4.00. The van der Waals surface area contributed by atoms with Crippen LogP contribution in [0.3, 0.4) is 0 Å². The van der Waals surface area contributed by atoms with Crippen LogP contribution in [0.25, 0.3) is 6.08 Å². The molecule has 30 heavy (non-hydrogen) atoms. The summed E-state index contributed by atoms with van der Waals surface area (Å²) in [6.45, 7) is 0.716. The zero-order valence-corrected chi connectivity index (χ0v) is 16.4. The first-order valence-corrected chi connectivity index (χ1v) is 9.62. The van der Waals surface area contributed by atoms with Crippen LogP contribution in [-0.2, 0) is 4.79 Å². The molecule has 0 atom stereocenters. The van der Waals surface area contributed by atoms with Crippen molar-refractivity contribution in [1.82, 2.24) is 9.88 Å². The van der Waals surface area contributed by atoms with Crippen molar-refractivity contribution in [2.45, 2.75) is 25.7 Å². The quantitative estimate of drug-likeness (QED) is 0.421. The van der Waals surface area contributed by atoms with Crippen LogP contribution in [0.2, 0.25) is 0 Å². The Morgan fingerprint density at radius 2 is 2.03 bits per heavy atom. The molecule has 0 bridgehead atoms. The Bertz CT molecular complexity index is 1050. The number of methoxy groups -OCH3 is 1. The number of rotatable bonds is 5. The fourth-order valence-corrected chi connectivity index (χ4v) is 3.42. The number of carbonyl (C=O) groups excluding carboxylic acids is 1. The maximum Gasteiger partial charge on any atom is 0.287 e. The third-order valence-corrected chi connectivity index (χ3v) is 4.94. The topological polar surface area (TPSA) is 107 Å². The van der Waals surface area contributed by atoms with E-state index in [9.17, 15) is 14.9 Å². The second-order valence-corrected chi connectivity index (χ2v) is 6.95. The molecule has 0 unspecified atom stereocenters. The first kappa shape index (κ1) is 19.6. The smallest absolute Gasteiger partial charge is 0.287 e. The van der Waals surface area contributed by atoms with E-state index in [0.29, 0.717) is 23.7 Å². The molecule has 9 nitrogen and oxygen atoms in total. The second kappa shape index (κ2) is 8.32. The second-order valence-electron chi connectivity index (χ2n) is 6.95. The molecule has 2 aromatic rings. The van der Waals surface area contributed by atoms with Crippen LogP contribution in [0.5, 0.6) is 17.4 Å². The number of aromatic nitrogens is 1. The molecule has 1 saturated heterocycles. The number of pyridine rings is 1. The lowest BCUT2D eigenvalue weighted by Gasteiger charge is -2.14. The van der Waals surface area contributed by atoms with Crippen molar-refractivity contribution in [1.29, 1.82) is 0 Å². The normalized spacial score (nSPS) is 17.4. The van der Waals surface area contributed by atoms with Gasteiger partial charge in [-0.1, -0.05) is 12.5 Å². The van der Waals surface area contributed by atoms with E-state index in [-0.39, 0.29) is 17.5 Å². The summed E-state index contributed by atoms with van der Waals surface area (Å²) in [5.74, 6) is 1.83. The van der Waals surface area contributed by atoms with Gasteiger partial charge in [0.2, 0.25) is 5.88 Å². The molecule has 0 radical (unpaired) electrons. The van der Waals surface area contributed by atoms with Gasteiger partial charge >= 0.3 is 0 Å². The van der Waals surface area contributed by atoms with Crippen molar-refractivity contribution in [2.24, 2.45) is 4.99 Å². The Balaban J connectivity index is 1.56. The summed E-state index contributed by atoms with van der Waals surface area (Å²) >= 11 is 0. The van der Waals surface area contributed by atoms with Crippen molar-refractivity contribution in [3.05, 3.63) is 57.9 Å². The highest BCUT2D eigenvalue weighted by Crippen LogP contribution is 2.33. The van der Waals surface area contributed by atoms with Crippen LogP contribution in [0, 0.1) is 10.1 Å². The highest BCUT2D eigenvalue weighted by molar-refractivity contribution is 6.14. The predicted octanol–water partition coefficient (Wildman–Crippen LogP) is 3.95. The van der Waals surface area contributed by atoms with Gasteiger partial charge in [0.25, 0.3) is 11.6 Å². The van der Waals surface area contributed by atoms with E-state index in [2.05, 4.69) is 9.98 Å². The van der Waals surface area contributed by atoms with Crippen LogP contribution >= 0.6 is 0 Å². The van der Waals surface area contributed by atoms with Gasteiger partial charge in [0.15, 0.2) is 11.5 Å². The molecule has 0 saturated carbocycles. The number of amides is 1. The maximum atomic E-state index is 12.7. The Labute approximate surface area is 172 Å². The summed E-state index contributed by atoms with van der Waals surface area (Å²) in [4.78, 5) is 33.1. The van der Waals surface area contributed by atoms with E-state index >= 15 is 0 Å². The minimum absolute atomic E-state index is 0.0683. The van der Waals surface area contributed by atoms with Crippen LogP contribution in [0.15, 0.2) is 47.2 Å². The molecule has 0 N–H and O–H groups in total. The predicted molar refractivity (Wildman–Crippen MR) is 110 cm³/mol. The Hall–Kier alpha value is -3.75. The average Bonchev–Trinajstić information content (AvgIpc) is 2.91. The number of aliphatic imine (C=N–C) groups is 1. The number of carbonyl (C=O) groups is 1. The van der Waals surface area contributed by atoms with Crippen molar-refractivity contribution in [3.8, 4) is 17.4 Å². The molecule has 0 spiro atoms. The van der Waals surface area contributed by atoms with Gasteiger partial charge in [-0.05, 0) is 36.6 Å². The van der Waals surface area contributed by atoms with Crippen LogP contribution in [0.4, 0.5) is 5.69 Å². The average molecular weight is 408 g/mol. The lowest BCUT2D eigenvalue weighted by molar-refractivity contribution is -0.385. The standard InChI is InChI=1S/C21H20N4O5/c1-29-18-12-14(11-16-21(26)24-10-4-2-3-5-19(24)23-16)6-8-17(18)30-20-9-7-15(13-22-20)25(27)28/h6-9,11-13H,2-5,10H2,1H3/b16-11+. The van der Waals surface area contributed by atoms with Crippen molar-refractivity contribution >= 4 is 23.5 Å². The van der Waals surface area contributed by atoms with Gasteiger partial charge in [0, 0.05) is 25.1 Å². The van der Waals surface area contributed by atoms with E-state index in [1.807, 2.05) is 0 Å². The molecule has 1 fully saturated rings. The fourth-order valence-electron chi connectivity index (χ4n) is 3.42. The number of amidine groups is 1. The Kier molecular flexibility index (Phi) is 5.42. The van der Waals surface area contributed by atoms with Crippen LogP contribution in [0.1, 0.15) is 31.2 Å². The Morgan fingerprint density at radius 3 is 2.77 bits per heavy atom. The molecule has 154 valence electrons. The lowest BCUT2D eigenvalue weighted by Crippen LogP contribution is -2.31. The molecule has 0 aliphatic carbocycles. The van der Waals surface area contributed by atoms with Crippen molar-refractivity contribution in [3.63, 3.8) is 0 Å². The van der Waals surface area contributed by atoms with Crippen LogP contribution < -0.4 is 9.47 Å². The number of fused-ring (bicyclic) bond motifs is 1. The number of ether oxygens (including phenoxy) is 2. The summed E-state index contributed by atoms with van der Waals surface area (Å²) in [6, 6.07) is 7.95. The molecule has 2 aliphatic rings. The number of hydrogen-bond acceptors (Lipinski definition) is 7. The summed E-state index contributed by atoms with van der Waals surface area (Å²) < 4.78 is 11.1. The minimum atomic E-state index is -0.526. The van der Waals surface area contributed by atoms with Gasteiger partial charge in [-0.25, -0.2) is 9.98 Å². The summed E-state index contributed by atoms with van der Waals surface area (Å²) in [5.41, 5.74) is 1.05. The van der Waals surface area contributed by atoms with Gasteiger partial charge < -0.3 is 9.47 Å². The lowest BCUT2D eigenvalue weighted by atomic mass is 10.1. The number of benzene rings is 1. The maximum absolute atomic E-state index is 12.7. The van der Waals surface area contributed by atoms with Gasteiger partial charge in [-0.2, -0.15) is 0 Å². The van der Waals surface area contributed by atoms with E-state index < -0.39 is 4.92 Å². The monoisotopic (exact) mass is 408 g/mol. The first-order chi connectivity index (χ1) is 14.5. The minimum Gasteiger partial charge on any atom is -0.493 e. The molecular formula is C21H20N4O5. The number of hydrogen-bond donors (Lipinski definition) is 0. The number of nitrogens with zero attached hydrogens (tertiary/aromatic N) is 4. The molecular weight excluding hydrogens is 388 g/mol. The molecule has 4 rings (SSSR count). The molecule has 3 heterocycles. The third-order valence-electron chi connectivity index (χ3n) is 4.94. The Morgan fingerprint density at radius 1 is 1.17 bits per heavy atom. The van der Waals surface area contributed by atoms with Crippen molar-refractivity contribution < 1.29 is 19.2 Å². The van der Waals surface area contributed by atoms with Gasteiger partial charge in [-0.3, -0.25) is 19.8 Å². The molecule has 1 aromatic heterocycles.